The van der Waals surface area contributed by atoms with Gasteiger partial charge in [-0.15, -0.1) is 0 Å². The lowest BCUT2D eigenvalue weighted by Gasteiger charge is -2.26. The minimum Gasteiger partial charge on any atom is -1.00 e. The highest BCUT2D eigenvalue weighted by Gasteiger charge is 2.22. The van der Waals surface area contributed by atoms with E-state index in [4.69, 9.17) is 4.74 Å². The van der Waals surface area contributed by atoms with Crippen molar-refractivity contribution in [2.24, 2.45) is 0 Å². The van der Waals surface area contributed by atoms with Gasteiger partial charge < -0.3 is 22.0 Å². The van der Waals surface area contributed by atoms with Crippen LogP contribution in [0.4, 0.5) is 0 Å². The number of piperidine rings is 1. The Labute approximate surface area is 181 Å². The van der Waals surface area contributed by atoms with E-state index in [0.29, 0.717) is 6.42 Å². The molecule has 4 heteroatoms. The van der Waals surface area contributed by atoms with Crippen LogP contribution in [0.25, 0.3) is 0 Å². The van der Waals surface area contributed by atoms with E-state index in [2.05, 4.69) is 14.0 Å². The number of nitrogens with one attached hydrogen (secondary N) is 1. The summed E-state index contributed by atoms with van der Waals surface area (Å²) in [5.41, 5.74) is 0. The van der Waals surface area contributed by atoms with Gasteiger partial charge in [0.2, 0.25) is 0 Å². The first-order valence-corrected chi connectivity index (χ1v) is 12.2. The van der Waals surface area contributed by atoms with Crippen molar-refractivity contribution in [3.63, 3.8) is 0 Å². The summed E-state index contributed by atoms with van der Waals surface area (Å²) < 4.78 is 5.61. The zero-order valence-electron chi connectivity index (χ0n) is 18.9. The number of likely N-dealkylation sites (tertiary alicyclic amines) is 1. The van der Waals surface area contributed by atoms with E-state index < -0.39 is 0 Å². The summed E-state index contributed by atoms with van der Waals surface area (Å²) in [6.07, 6.45) is 23.3. The molecule has 0 aliphatic carbocycles. The van der Waals surface area contributed by atoms with Crippen LogP contribution < -0.4 is 17.3 Å². The fourth-order valence-electron chi connectivity index (χ4n) is 4.09. The van der Waals surface area contributed by atoms with E-state index in [9.17, 15) is 4.79 Å². The van der Waals surface area contributed by atoms with Gasteiger partial charge in [-0.25, -0.2) is 0 Å². The van der Waals surface area contributed by atoms with Gasteiger partial charge in [0.15, 0.2) is 0 Å². The summed E-state index contributed by atoms with van der Waals surface area (Å²) >= 11 is 0. The number of rotatable bonds is 17. The molecule has 168 valence electrons. The molecule has 1 N–H and O–H groups in total. The summed E-state index contributed by atoms with van der Waals surface area (Å²) in [7, 11) is 2.22. The Morgan fingerprint density at radius 2 is 1.14 bits per heavy atom. The molecule has 1 heterocycles. The van der Waals surface area contributed by atoms with E-state index >= 15 is 0 Å². The van der Waals surface area contributed by atoms with Crippen LogP contribution in [-0.4, -0.2) is 32.2 Å². The Balaban J connectivity index is 0.00000729. The van der Waals surface area contributed by atoms with Gasteiger partial charge >= 0.3 is 5.97 Å². The second-order valence-corrected chi connectivity index (χ2v) is 8.85. The van der Waals surface area contributed by atoms with Crippen LogP contribution in [-0.2, 0) is 9.53 Å². The van der Waals surface area contributed by atoms with Gasteiger partial charge in [-0.05, 0) is 6.42 Å². The summed E-state index contributed by atoms with van der Waals surface area (Å²) in [5, 5.41) is 0. The Morgan fingerprint density at radius 3 is 1.57 bits per heavy atom. The lowest BCUT2D eigenvalue weighted by atomic mass is 10.0. The third-order valence-electron chi connectivity index (χ3n) is 6.07. The summed E-state index contributed by atoms with van der Waals surface area (Å²) in [6.45, 7) is 4.56. The van der Waals surface area contributed by atoms with Crippen molar-refractivity contribution >= 4 is 5.97 Å². The third kappa shape index (κ3) is 16.7. The predicted molar refractivity (Wildman–Crippen MR) is 115 cm³/mol. The smallest absolute Gasteiger partial charge is 0.306 e. The molecule has 1 aliphatic heterocycles. The van der Waals surface area contributed by atoms with Crippen LogP contribution in [0.15, 0.2) is 0 Å². The van der Waals surface area contributed by atoms with E-state index in [0.717, 1.165) is 32.4 Å². The average molecular weight is 418 g/mol. The Hall–Kier alpha value is -0.280. The number of esters is 1. The van der Waals surface area contributed by atoms with Crippen molar-refractivity contribution in [2.75, 3.05) is 20.1 Å². The molecule has 1 saturated heterocycles. The van der Waals surface area contributed by atoms with Crippen LogP contribution in [0.1, 0.15) is 122 Å². The molecule has 1 fully saturated rings. The summed E-state index contributed by atoms with van der Waals surface area (Å²) in [5.74, 6) is 0.0363. The molecule has 1 rings (SSSR count). The van der Waals surface area contributed by atoms with Crippen molar-refractivity contribution in [3.8, 4) is 0 Å². The maximum Gasteiger partial charge on any atom is 0.306 e. The minimum absolute atomic E-state index is 0. The fraction of sp³-hybridized carbons (Fsp3) is 0.958. The lowest BCUT2D eigenvalue weighted by Crippen LogP contribution is -3.10. The van der Waals surface area contributed by atoms with Crippen LogP contribution in [0, 0.1) is 0 Å². The number of carbonyl (C=O) groups excluding carboxylic acids is 1. The summed E-state index contributed by atoms with van der Waals surface area (Å²) in [4.78, 5) is 13.5. The molecule has 0 spiro atoms. The number of unbranched alkanes of at least 4 members (excludes halogenated alkanes) is 14. The largest absolute Gasteiger partial charge is 1.00 e. The molecule has 1 aliphatic rings. The molecule has 0 unspecified atom stereocenters. The Morgan fingerprint density at radius 1 is 0.750 bits per heavy atom. The second-order valence-electron chi connectivity index (χ2n) is 8.85. The van der Waals surface area contributed by atoms with Gasteiger partial charge in [-0.3, -0.25) is 4.79 Å². The van der Waals surface area contributed by atoms with Crippen molar-refractivity contribution in [2.45, 2.75) is 129 Å². The van der Waals surface area contributed by atoms with Gasteiger partial charge in [0.25, 0.3) is 0 Å². The molecule has 3 nitrogen and oxygen atoms in total. The SMILES string of the molecule is CCCCCCCCCCCCCCCCCC(=O)OC1CC[NH+](C)CC1.[Cl-]. The van der Waals surface area contributed by atoms with Crippen LogP contribution >= 0.6 is 0 Å². The van der Waals surface area contributed by atoms with Gasteiger partial charge in [-0.1, -0.05) is 96.8 Å². The number of ether oxygens (including phenoxy) is 1. The molecule has 0 aromatic rings. The normalized spacial score (nSPS) is 19.2. The van der Waals surface area contributed by atoms with Crippen molar-refractivity contribution < 1.29 is 26.8 Å². The van der Waals surface area contributed by atoms with Gasteiger partial charge in [0.1, 0.15) is 6.10 Å². The van der Waals surface area contributed by atoms with Crippen molar-refractivity contribution in [1.29, 1.82) is 0 Å². The molecule has 0 aromatic carbocycles. The number of hydrogen-bond acceptors (Lipinski definition) is 2. The predicted octanol–water partition coefficient (Wildman–Crippen LogP) is 2.47. The number of hydrogen-bond donors (Lipinski definition) is 1. The molecule has 0 amide bonds. The highest BCUT2D eigenvalue weighted by molar-refractivity contribution is 5.69. The van der Waals surface area contributed by atoms with Gasteiger partial charge in [0.05, 0.1) is 20.1 Å². The van der Waals surface area contributed by atoms with Crippen LogP contribution in [0.3, 0.4) is 0 Å². The van der Waals surface area contributed by atoms with Crippen LogP contribution in [0.2, 0.25) is 0 Å². The maximum absolute atomic E-state index is 11.9. The fourth-order valence-corrected chi connectivity index (χ4v) is 4.09. The van der Waals surface area contributed by atoms with Gasteiger partial charge in [-0.2, -0.15) is 0 Å². The number of halogens is 1. The highest BCUT2D eigenvalue weighted by atomic mass is 35.5. The van der Waals surface area contributed by atoms with E-state index in [1.165, 1.54) is 89.9 Å². The topological polar surface area (TPSA) is 30.7 Å². The van der Waals surface area contributed by atoms with Gasteiger partial charge in [0, 0.05) is 19.3 Å². The molecular formula is C24H48ClNO2. The molecule has 0 aromatic heterocycles. The molecule has 0 saturated carbocycles. The van der Waals surface area contributed by atoms with E-state index in [1.807, 2.05) is 0 Å². The maximum atomic E-state index is 11.9. The second kappa shape index (κ2) is 20.0. The van der Waals surface area contributed by atoms with Crippen molar-refractivity contribution in [3.05, 3.63) is 0 Å². The summed E-state index contributed by atoms with van der Waals surface area (Å²) in [6, 6.07) is 0. The zero-order valence-corrected chi connectivity index (χ0v) is 19.7. The molecule has 0 radical (unpaired) electrons. The molecule has 0 bridgehead atoms. The zero-order chi connectivity index (χ0) is 19.6. The Kier molecular flexibility index (Phi) is 19.8. The molecule has 28 heavy (non-hydrogen) atoms. The average Bonchev–Trinajstić information content (AvgIpc) is 2.66. The third-order valence-corrected chi connectivity index (χ3v) is 6.07. The number of carbonyl (C=O) groups is 1. The lowest BCUT2D eigenvalue weighted by molar-refractivity contribution is -0.885. The van der Waals surface area contributed by atoms with E-state index in [-0.39, 0.29) is 24.5 Å². The quantitative estimate of drug-likeness (QED) is 0.291. The van der Waals surface area contributed by atoms with Crippen LogP contribution in [0.5, 0.6) is 0 Å². The Bertz CT molecular complexity index is 343. The highest BCUT2D eigenvalue weighted by Crippen LogP contribution is 2.14. The monoisotopic (exact) mass is 417 g/mol. The molecule has 0 atom stereocenters. The minimum atomic E-state index is 0. The van der Waals surface area contributed by atoms with E-state index in [1.54, 1.807) is 4.90 Å². The number of quaternary nitrogens is 1. The standard InChI is InChI=1S/C24H47NO2.ClH/c1-3-4-5-6-7-8-9-10-11-12-13-14-15-16-17-18-24(26)27-23-19-21-25(2)22-20-23;/h23H,3-22H2,1-2H3;1H. The molecular weight excluding hydrogens is 370 g/mol. The first kappa shape index (κ1) is 27.7. The first-order valence-electron chi connectivity index (χ1n) is 12.2. The first-order chi connectivity index (χ1) is 13.2. The van der Waals surface area contributed by atoms with Crippen molar-refractivity contribution in [1.82, 2.24) is 0 Å².